The van der Waals surface area contributed by atoms with Gasteiger partial charge in [-0.15, -0.1) is 23.1 Å². The number of thiazole rings is 1. The van der Waals surface area contributed by atoms with Gasteiger partial charge in [-0.25, -0.2) is 4.98 Å². The second-order valence-corrected chi connectivity index (χ2v) is 13.7. The molecule has 262 valence electrons. The summed E-state index contributed by atoms with van der Waals surface area (Å²) in [5.41, 5.74) is 3.19. The minimum absolute atomic E-state index is 0.00391. The van der Waals surface area contributed by atoms with Crippen molar-refractivity contribution in [3.8, 4) is 22.8 Å². The van der Waals surface area contributed by atoms with Crippen LogP contribution in [0.1, 0.15) is 29.3 Å². The van der Waals surface area contributed by atoms with E-state index in [0.29, 0.717) is 39.9 Å². The molecule has 6 rings (SSSR count). The zero-order valence-electron chi connectivity index (χ0n) is 28.7. The maximum Gasteiger partial charge on any atom is 0.272 e. The third kappa shape index (κ3) is 8.68. The van der Waals surface area contributed by atoms with Crippen molar-refractivity contribution in [1.29, 1.82) is 0 Å². The standard InChI is InChI=1S/C41H36N4O5S2/c1-4-36(40(48)45-41-44-34(25-51-41)29-21-20-26-12-8-9-15-28(26)22-29)52-32-18-11-17-31(24-32)42-39(47)33(43-38(46)27-13-6-5-7-14-27)23-30-16-10-19-35(49-2)37(30)50-3/h5-25,36H,4H2,1-3H3,(H,42,47)(H,43,46)(H,44,45,48)/b33-23+. The van der Waals surface area contributed by atoms with E-state index in [0.717, 1.165) is 26.9 Å². The lowest BCUT2D eigenvalue weighted by Gasteiger charge is -2.15. The van der Waals surface area contributed by atoms with Crippen molar-refractivity contribution in [3.63, 3.8) is 0 Å². The average Bonchev–Trinajstić information content (AvgIpc) is 3.65. The normalized spacial score (nSPS) is 11.8. The number of anilines is 2. The van der Waals surface area contributed by atoms with E-state index in [-0.39, 0.29) is 11.6 Å². The number of carbonyl (C=O) groups is 3. The second-order valence-electron chi connectivity index (χ2n) is 11.5. The van der Waals surface area contributed by atoms with Gasteiger partial charge in [0.25, 0.3) is 11.8 Å². The number of aromatic nitrogens is 1. The molecule has 1 aromatic heterocycles. The highest BCUT2D eigenvalue weighted by Gasteiger charge is 2.21. The first-order valence-corrected chi connectivity index (χ1v) is 18.2. The van der Waals surface area contributed by atoms with Crippen LogP contribution in [0.4, 0.5) is 10.8 Å². The monoisotopic (exact) mass is 728 g/mol. The average molecular weight is 729 g/mol. The summed E-state index contributed by atoms with van der Waals surface area (Å²) < 4.78 is 11.0. The Morgan fingerprint density at radius 3 is 2.37 bits per heavy atom. The molecule has 11 heteroatoms. The van der Waals surface area contributed by atoms with E-state index in [1.807, 2.05) is 36.6 Å². The van der Waals surface area contributed by atoms with E-state index in [9.17, 15) is 14.4 Å². The number of hydrogen-bond donors (Lipinski definition) is 3. The molecule has 0 spiro atoms. The van der Waals surface area contributed by atoms with Crippen LogP contribution in [-0.2, 0) is 9.59 Å². The molecule has 0 aliphatic heterocycles. The Bertz CT molecular complexity index is 2250. The van der Waals surface area contributed by atoms with E-state index in [4.69, 9.17) is 9.47 Å². The lowest BCUT2D eigenvalue weighted by molar-refractivity contribution is -0.116. The number of nitrogens with one attached hydrogen (secondary N) is 3. The highest BCUT2D eigenvalue weighted by Crippen LogP contribution is 2.33. The third-order valence-corrected chi connectivity index (χ3v) is 10.2. The fourth-order valence-corrected chi connectivity index (χ4v) is 7.19. The van der Waals surface area contributed by atoms with Gasteiger partial charge in [0.1, 0.15) is 5.70 Å². The summed E-state index contributed by atoms with van der Waals surface area (Å²) in [6, 6.07) is 35.5. The SMILES string of the molecule is CCC(Sc1cccc(NC(=O)/C(=C\c2cccc(OC)c2OC)NC(=O)c2ccccc2)c1)C(=O)Nc1nc(-c2ccc3ccccc3c2)cs1. The Hall–Kier alpha value is -5.91. The number of rotatable bonds is 13. The van der Waals surface area contributed by atoms with Gasteiger partial charge in [0, 0.05) is 32.7 Å². The fraction of sp³-hybridized carbons (Fsp3) is 0.122. The summed E-state index contributed by atoms with van der Waals surface area (Å²) in [6.45, 7) is 1.95. The van der Waals surface area contributed by atoms with E-state index in [2.05, 4.69) is 45.2 Å². The Balaban J connectivity index is 1.16. The Morgan fingerprint density at radius 2 is 1.60 bits per heavy atom. The summed E-state index contributed by atoms with van der Waals surface area (Å²) in [7, 11) is 3.03. The van der Waals surface area contributed by atoms with Crippen LogP contribution < -0.4 is 25.4 Å². The second kappa shape index (κ2) is 16.9. The first kappa shape index (κ1) is 35.9. The van der Waals surface area contributed by atoms with Crippen LogP contribution in [0.2, 0.25) is 0 Å². The quantitative estimate of drug-likeness (QED) is 0.0803. The lowest BCUT2D eigenvalue weighted by atomic mass is 10.1. The molecule has 52 heavy (non-hydrogen) atoms. The van der Waals surface area contributed by atoms with Gasteiger partial charge in [0.15, 0.2) is 16.6 Å². The molecule has 0 bridgehead atoms. The van der Waals surface area contributed by atoms with Crippen LogP contribution in [0.15, 0.2) is 131 Å². The van der Waals surface area contributed by atoms with E-state index < -0.39 is 17.1 Å². The zero-order chi connectivity index (χ0) is 36.5. The summed E-state index contributed by atoms with van der Waals surface area (Å²) in [4.78, 5) is 45.8. The Kier molecular flexibility index (Phi) is 11.6. The largest absolute Gasteiger partial charge is 0.493 e. The van der Waals surface area contributed by atoms with Crippen molar-refractivity contribution in [2.24, 2.45) is 0 Å². The molecular weight excluding hydrogens is 693 g/mol. The van der Waals surface area contributed by atoms with Gasteiger partial charge in [0.05, 0.1) is 25.2 Å². The highest BCUT2D eigenvalue weighted by atomic mass is 32.2. The molecule has 0 saturated carbocycles. The van der Waals surface area contributed by atoms with Crippen LogP contribution in [0.5, 0.6) is 11.5 Å². The summed E-state index contributed by atoms with van der Waals surface area (Å²) >= 11 is 2.77. The molecule has 1 unspecified atom stereocenters. The number of fused-ring (bicyclic) bond motifs is 1. The predicted molar refractivity (Wildman–Crippen MR) is 210 cm³/mol. The third-order valence-electron chi connectivity index (χ3n) is 8.08. The number of ether oxygens (including phenoxy) is 2. The molecule has 9 nitrogen and oxygen atoms in total. The van der Waals surface area contributed by atoms with Crippen LogP contribution in [-0.4, -0.2) is 42.2 Å². The van der Waals surface area contributed by atoms with Crippen LogP contribution in [0.3, 0.4) is 0 Å². The van der Waals surface area contributed by atoms with Crippen molar-refractivity contribution in [1.82, 2.24) is 10.3 Å². The van der Waals surface area contributed by atoms with Gasteiger partial charge >= 0.3 is 0 Å². The highest BCUT2D eigenvalue weighted by molar-refractivity contribution is 8.00. The fourth-order valence-electron chi connectivity index (χ4n) is 5.45. The molecule has 0 radical (unpaired) electrons. The molecular formula is C41H36N4O5S2. The number of benzene rings is 5. The number of nitrogens with zero attached hydrogens (tertiary/aromatic N) is 1. The zero-order valence-corrected chi connectivity index (χ0v) is 30.3. The van der Waals surface area contributed by atoms with Crippen molar-refractivity contribution >= 4 is 68.5 Å². The number of para-hydroxylation sites is 1. The number of methoxy groups -OCH3 is 2. The number of hydrogen-bond acceptors (Lipinski definition) is 8. The molecule has 6 aromatic rings. The van der Waals surface area contributed by atoms with Crippen molar-refractivity contribution in [3.05, 3.63) is 137 Å². The molecule has 0 aliphatic rings. The molecule has 3 N–H and O–H groups in total. The predicted octanol–water partition coefficient (Wildman–Crippen LogP) is 8.90. The minimum Gasteiger partial charge on any atom is -0.493 e. The lowest BCUT2D eigenvalue weighted by Crippen LogP contribution is -2.30. The van der Waals surface area contributed by atoms with Gasteiger partial charge in [-0.1, -0.05) is 79.7 Å². The molecule has 0 aliphatic carbocycles. The van der Waals surface area contributed by atoms with Crippen LogP contribution in [0, 0.1) is 0 Å². The van der Waals surface area contributed by atoms with Gasteiger partial charge in [-0.05, 0) is 65.7 Å². The summed E-state index contributed by atoms with van der Waals surface area (Å²) in [5.74, 6) is -0.275. The minimum atomic E-state index is -0.549. The number of amides is 3. The molecule has 1 atom stereocenters. The van der Waals surface area contributed by atoms with E-state index in [1.54, 1.807) is 66.7 Å². The number of thioether (sulfide) groups is 1. The van der Waals surface area contributed by atoms with Crippen LogP contribution in [0.25, 0.3) is 28.1 Å². The smallest absolute Gasteiger partial charge is 0.272 e. The summed E-state index contributed by atoms with van der Waals surface area (Å²) in [5, 5.41) is 13.0. The van der Waals surface area contributed by atoms with Crippen molar-refractivity contribution < 1.29 is 23.9 Å². The van der Waals surface area contributed by atoms with Crippen molar-refractivity contribution in [2.45, 2.75) is 23.5 Å². The first-order valence-electron chi connectivity index (χ1n) is 16.5. The van der Waals surface area contributed by atoms with Crippen molar-refractivity contribution in [2.75, 3.05) is 24.9 Å². The maximum atomic E-state index is 13.8. The molecule has 5 aromatic carbocycles. The summed E-state index contributed by atoms with van der Waals surface area (Å²) in [6.07, 6.45) is 2.11. The van der Waals surface area contributed by atoms with E-state index in [1.165, 1.54) is 43.4 Å². The molecule has 1 heterocycles. The molecule has 3 amide bonds. The van der Waals surface area contributed by atoms with Crippen LogP contribution >= 0.6 is 23.1 Å². The first-order chi connectivity index (χ1) is 25.3. The molecule has 0 fully saturated rings. The Labute approximate surface area is 310 Å². The molecule has 0 saturated heterocycles. The van der Waals surface area contributed by atoms with Gasteiger partial charge < -0.3 is 25.4 Å². The van der Waals surface area contributed by atoms with Gasteiger partial charge in [-0.2, -0.15) is 0 Å². The van der Waals surface area contributed by atoms with Gasteiger partial charge in [0.2, 0.25) is 5.91 Å². The maximum absolute atomic E-state index is 13.8. The topological polar surface area (TPSA) is 119 Å². The van der Waals surface area contributed by atoms with Gasteiger partial charge in [-0.3, -0.25) is 14.4 Å². The van der Waals surface area contributed by atoms with E-state index >= 15 is 0 Å². The Morgan fingerprint density at radius 1 is 0.827 bits per heavy atom. The number of carbonyl (C=O) groups excluding carboxylic acids is 3.